The van der Waals surface area contributed by atoms with Crippen molar-refractivity contribution in [1.29, 1.82) is 0 Å². The molecule has 0 radical (unpaired) electrons. The molecule has 0 spiro atoms. The van der Waals surface area contributed by atoms with E-state index < -0.39 is 0 Å². The van der Waals surface area contributed by atoms with Crippen LogP contribution >= 0.6 is 11.6 Å². The van der Waals surface area contributed by atoms with Crippen molar-refractivity contribution < 1.29 is 4.79 Å². The first-order valence-electron chi connectivity index (χ1n) is 11.7. The van der Waals surface area contributed by atoms with Gasteiger partial charge >= 0.3 is 6.03 Å². The first-order valence-corrected chi connectivity index (χ1v) is 12.1. The topological polar surface area (TPSA) is 63.1 Å². The monoisotopic (exact) mass is 465 g/mol. The van der Waals surface area contributed by atoms with Crippen LogP contribution in [0, 0.1) is 5.92 Å². The molecule has 6 nitrogen and oxygen atoms in total. The van der Waals surface area contributed by atoms with Crippen molar-refractivity contribution in [3.8, 4) is 0 Å². The Morgan fingerprint density at radius 3 is 2.48 bits per heavy atom. The van der Waals surface area contributed by atoms with E-state index in [0.717, 1.165) is 36.2 Å². The van der Waals surface area contributed by atoms with Crippen molar-refractivity contribution in [2.75, 3.05) is 6.54 Å². The van der Waals surface area contributed by atoms with Gasteiger partial charge in [0.15, 0.2) is 0 Å². The van der Waals surface area contributed by atoms with Crippen LogP contribution in [0.4, 0.5) is 4.79 Å². The van der Waals surface area contributed by atoms with Gasteiger partial charge in [-0.05, 0) is 60.9 Å². The molecule has 1 fully saturated rings. The van der Waals surface area contributed by atoms with Gasteiger partial charge in [-0.2, -0.15) is 5.10 Å². The molecule has 2 amide bonds. The quantitative estimate of drug-likeness (QED) is 0.480. The summed E-state index contributed by atoms with van der Waals surface area (Å²) in [7, 11) is 0. The Labute approximate surface area is 201 Å². The average molecular weight is 466 g/mol. The molecule has 1 aliphatic heterocycles. The molecule has 33 heavy (non-hydrogen) atoms. The highest BCUT2D eigenvalue weighted by Gasteiger charge is 2.33. The zero-order chi connectivity index (χ0) is 23.4. The normalized spacial score (nSPS) is 16.9. The molecule has 1 aliphatic rings. The lowest BCUT2D eigenvalue weighted by atomic mass is 10.00. The number of urea groups is 1. The van der Waals surface area contributed by atoms with Gasteiger partial charge in [-0.3, -0.25) is 0 Å². The molecule has 3 aromatic rings. The largest absolute Gasteiger partial charge is 0.331 e. The molecular formula is C26H32ClN5O. The van der Waals surface area contributed by atoms with E-state index in [1.54, 1.807) is 6.33 Å². The second-order valence-electron chi connectivity index (χ2n) is 9.26. The van der Waals surface area contributed by atoms with Gasteiger partial charge in [0, 0.05) is 11.6 Å². The van der Waals surface area contributed by atoms with E-state index in [1.165, 1.54) is 5.56 Å². The standard InChI is InChI=1S/C26H32ClN5O/c1-18(2)15-20-6-10-22(11-7-20)19(3)30-26(33)31-14-4-5-24(31)25-28-17-29-32(25)16-21-8-12-23(27)13-9-21/h6-13,17-19,24H,4-5,14-16H2,1-3H3,(H,30,33)/t19-,24-/m1/s1. The Morgan fingerprint density at radius 2 is 1.79 bits per heavy atom. The van der Waals surface area contributed by atoms with Gasteiger partial charge in [-0.1, -0.05) is 61.8 Å². The number of nitrogens with zero attached hydrogens (tertiary/aromatic N) is 4. The molecule has 4 rings (SSSR count). The van der Waals surface area contributed by atoms with Crippen molar-refractivity contribution in [2.45, 2.75) is 58.7 Å². The second kappa shape index (κ2) is 10.4. The minimum atomic E-state index is -0.0829. The summed E-state index contributed by atoms with van der Waals surface area (Å²) in [6, 6.07) is 16.1. The fraction of sp³-hybridized carbons (Fsp3) is 0.423. The number of amides is 2. The van der Waals surface area contributed by atoms with Gasteiger partial charge < -0.3 is 10.2 Å². The van der Waals surface area contributed by atoms with E-state index in [4.69, 9.17) is 11.6 Å². The Kier molecular flexibility index (Phi) is 7.33. The molecule has 1 aromatic heterocycles. The van der Waals surface area contributed by atoms with E-state index in [0.29, 0.717) is 24.0 Å². The number of hydrogen-bond acceptors (Lipinski definition) is 3. The predicted molar refractivity (Wildman–Crippen MR) is 131 cm³/mol. The molecular weight excluding hydrogens is 434 g/mol. The minimum Gasteiger partial charge on any atom is -0.331 e. The Bertz CT molecular complexity index is 1060. The fourth-order valence-electron chi connectivity index (χ4n) is 4.46. The molecule has 174 valence electrons. The summed E-state index contributed by atoms with van der Waals surface area (Å²) in [6.07, 6.45) is 4.46. The summed E-state index contributed by atoms with van der Waals surface area (Å²) in [5, 5.41) is 8.31. The number of rotatable bonds is 7. The first-order chi connectivity index (χ1) is 15.9. The Hall–Kier alpha value is -2.86. The lowest BCUT2D eigenvalue weighted by Gasteiger charge is -2.27. The maximum Gasteiger partial charge on any atom is 0.318 e. The lowest BCUT2D eigenvalue weighted by molar-refractivity contribution is 0.186. The first kappa shape index (κ1) is 23.3. The summed E-state index contributed by atoms with van der Waals surface area (Å²) in [6.45, 7) is 7.78. The molecule has 7 heteroatoms. The van der Waals surface area contributed by atoms with Crippen molar-refractivity contribution in [3.63, 3.8) is 0 Å². The van der Waals surface area contributed by atoms with Crippen molar-refractivity contribution in [2.24, 2.45) is 5.92 Å². The average Bonchev–Trinajstić information content (AvgIpc) is 3.44. The van der Waals surface area contributed by atoms with Gasteiger partial charge in [0.25, 0.3) is 0 Å². The number of aromatic nitrogens is 3. The van der Waals surface area contributed by atoms with Crippen LogP contribution in [0.5, 0.6) is 0 Å². The third-order valence-electron chi connectivity index (χ3n) is 6.17. The van der Waals surface area contributed by atoms with Crippen molar-refractivity contribution >= 4 is 17.6 Å². The smallest absolute Gasteiger partial charge is 0.318 e. The molecule has 0 aliphatic carbocycles. The van der Waals surface area contributed by atoms with E-state index in [2.05, 4.69) is 53.5 Å². The predicted octanol–water partition coefficient (Wildman–Crippen LogP) is 5.79. The van der Waals surface area contributed by atoms with E-state index in [-0.39, 0.29) is 18.1 Å². The Balaban J connectivity index is 1.42. The van der Waals surface area contributed by atoms with E-state index in [1.807, 2.05) is 40.8 Å². The van der Waals surface area contributed by atoms with Crippen LogP contribution in [0.15, 0.2) is 54.9 Å². The van der Waals surface area contributed by atoms with Crippen LogP contribution in [-0.2, 0) is 13.0 Å². The third kappa shape index (κ3) is 5.74. The van der Waals surface area contributed by atoms with Crippen LogP contribution in [0.3, 0.4) is 0 Å². The van der Waals surface area contributed by atoms with Crippen LogP contribution in [0.1, 0.15) is 68.2 Å². The van der Waals surface area contributed by atoms with E-state index >= 15 is 0 Å². The summed E-state index contributed by atoms with van der Waals surface area (Å²) in [5.41, 5.74) is 3.53. The summed E-state index contributed by atoms with van der Waals surface area (Å²) < 4.78 is 1.89. The van der Waals surface area contributed by atoms with Gasteiger partial charge in [0.2, 0.25) is 0 Å². The zero-order valence-electron chi connectivity index (χ0n) is 19.5. The Morgan fingerprint density at radius 1 is 1.09 bits per heavy atom. The van der Waals surface area contributed by atoms with Crippen LogP contribution in [0.2, 0.25) is 5.02 Å². The number of nitrogens with one attached hydrogen (secondary N) is 1. The summed E-state index contributed by atoms with van der Waals surface area (Å²) in [5.74, 6) is 1.45. The second-order valence-corrected chi connectivity index (χ2v) is 9.70. The van der Waals surface area contributed by atoms with Crippen molar-refractivity contribution in [3.05, 3.63) is 82.4 Å². The highest BCUT2D eigenvalue weighted by Crippen LogP contribution is 2.31. The molecule has 2 aromatic carbocycles. The lowest BCUT2D eigenvalue weighted by Crippen LogP contribution is -2.41. The van der Waals surface area contributed by atoms with Gasteiger partial charge in [-0.15, -0.1) is 0 Å². The van der Waals surface area contributed by atoms with Gasteiger partial charge in [-0.25, -0.2) is 14.5 Å². The number of hydrogen-bond donors (Lipinski definition) is 1. The molecule has 1 saturated heterocycles. The highest BCUT2D eigenvalue weighted by molar-refractivity contribution is 6.30. The molecule has 1 N–H and O–H groups in total. The SMILES string of the molecule is CC(C)Cc1ccc([C@@H](C)NC(=O)N2CCC[C@@H]2c2ncnn2Cc2ccc(Cl)cc2)cc1. The van der Waals surface area contributed by atoms with Crippen LogP contribution < -0.4 is 5.32 Å². The number of carbonyl (C=O) groups excluding carboxylic acids is 1. The molecule has 0 bridgehead atoms. The van der Waals surface area contributed by atoms with Crippen LogP contribution in [-0.4, -0.2) is 32.2 Å². The molecule has 0 saturated carbocycles. The maximum absolute atomic E-state index is 13.2. The number of benzene rings is 2. The van der Waals surface area contributed by atoms with Gasteiger partial charge in [0.1, 0.15) is 12.2 Å². The maximum atomic E-state index is 13.2. The number of halogens is 1. The molecule has 2 heterocycles. The number of likely N-dealkylation sites (tertiary alicyclic amines) is 1. The number of carbonyl (C=O) groups is 1. The summed E-state index contributed by atoms with van der Waals surface area (Å²) in [4.78, 5) is 19.6. The molecule has 0 unspecified atom stereocenters. The van der Waals surface area contributed by atoms with Gasteiger partial charge in [0.05, 0.1) is 18.6 Å². The van der Waals surface area contributed by atoms with Crippen LogP contribution in [0.25, 0.3) is 0 Å². The fourth-order valence-corrected chi connectivity index (χ4v) is 4.59. The van der Waals surface area contributed by atoms with Crippen molar-refractivity contribution in [1.82, 2.24) is 25.0 Å². The third-order valence-corrected chi connectivity index (χ3v) is 6.42. The zero-order valence-corrected chi connectivity index (χ0v) is 20.3. The summed E-state index contributed by atoms with van der Waals surface area (Å²) >= 11 is 6.01. The highest BCUT2D eigenvalue weighted by atomic mass is 35.5. The van der Waals surface area contributed by atoms with E-state index in [9.17, 15) is 4.79 Å². The minimum absolute atomic E-state index is 0.0581. The molecule has 2 atom stereocenters.